The summed E-state index contributed by atoms with van der Waals surface area (Å²) in [7, 11) is 3.30. The summed E-state index contributed by atoms with van der Waals surface area (Å²) in [6.07, 6.45) is 2.13. The van der Waals surface area contributed by atoms with E-state index in [4.69, 9.17) is 9.47 Å². The molecule has 1 rings (SSSR count). The zero-order valence-electron chi connectivity index (χ0n) is 10.5. The lowest BCUT2D eigenvalue weighted by Gasteiger charge is -2.08. The van der Waals surface area contributed by atoms with E-state index in [1.165, 1.54) is 0 Å². The van der Waals surface area contributed by atoms with Gasteiger partial charge in [0.2, 0.25) is 0 Å². The number of methoxy groups -OCH3 is 2. The summed E-state index contributed by atoms with van der Waals surface area (Å²) in [6, 6.07) is 5.35. The van der Waals surface area contributed by atoms with Gasteiger partial charge in [-0.15, -0.1) is 0 Å². The SMILES string of the molecule is COCCCCNCc1ccc(OC)cc1O. The van der Waals surface area contributed by atoms with Crippen molar-refractivity contribution in [1.29, 1.82) is 0 Å². The standard InChI is InChI=1S/C13H21NO3/c1-16-8-4-3-7-14-10-11-5-6-12(17-2)9-13(11)15/h5-6,9,14-15H,3-4,7-8,10H2,1-2H3. The Labute approximate surface area is 103 Å². The summed E-state index contributed by atoms with van der Waals surface area (Å²) >= 11 is 0. The predicted octanol–water partition coefficient (Wildman–Crippen LogP) is 1.92. The first-order valence-electron chi connectivity index (χ1n) is 5.83. The molecule has 2 N–H and O–H groups in total. The number of phenols is 1. The fourth-order valence-corrected chi connectivity index (χ4v) is 1.54. The van der Waals surface area contributed by atoms with Crippen LogP contribution in [0.2, 0.25) is 0 Å². The lowest BCUT2D eigenvalue weighted by atomic mass is 10.2. The van der Waals surface area contributed by atoms with Crippen LogP contribution >= 0.6 is 0 Å². The maximum absolute atomic E-state index is 9.72. The molecule has 0 spiro atoms. The maximum atomic E-state index is 9.72. The average molecular weight is 239 g/mol. The van der Waals surface area contributed by atoms with E-state index in [0.717, 1.165) is 31.6 Å². The van der Waals surface area contributed by atoms with Crippen molar-refractivity contribution in [2.24, 2.45) is 0 Å². The second kappa shape index (κ2) is 7.92. The summed E-state index contributed by atoms with van der Waals surface area (Å²) in [5.74, 6) is 0.945. The molecule has 1 aromatic carbocycles. The van der Waals surface area contributed by atoms with Crippen LogP contribution in [0.25, 0.3) is 0 Å². The normalized spacial score (nSPS) is 10.5. The minimum Gasteiger partial charge on any atom is -0.507 e. The van der Waals surface area contributed by atoms with Crippen molar-refractivity contribution in [3.63, 3.8) is 0 Å². The van der Waals surface area contributed by atoms with Crippen LogP contribution in [0.15, 0.2) is 18.2 Å². The van der Waals surface area contributed by atoms with Gasteiger partial charge in [-0.05, 0) is 25.5 Å². The molecule has 0 heterocycles. The van der Waals surface area contributed by atoms with Crippen LogP contribution in [0.3, 0.4) is 0 Å². The van der Waals surface area contributed by atoms with Crippen molar-refractivity contribution in [2.75, 3.05) is 27.4 Å². The number of hydrogen-bond donors (Lipinski definition) is 2. The zero-order valence-corrected chi connectivity index (χ0v) is 10.5. The Morgan fingerprint density at radius 2 is 2.06 bits per heavy atom. The summed E-state index contributed by atoms with van der Waals surface area (Å²) in [5, 5.41) is 13.0. The van der Waals surface area contributed by atoms with E-state index >= 15 is 0 Å². The first-order chi connectivity index (χ1) is 8.27. The van der Waals surface area contributed by atoms with Gasteiger partial charge in [0.1, 0.15) is 11.5 Å². The first-order valence-corrected chi connectivity index (χ1v) is 5.83. The lowest BCUT2D eigenvalue weighted by molar-refractivity contribution is 0.192. The number of phenolic OH excluding ortho intramolecular Hbond substituents is 1. The molecule has 0 unspecified atom stereocenters. The third-order valence-corrected chi connectivity index (χ3v) is 2.56. The molecular formula is C13H21NO3. The van der Waals surface area contributed by atoms with Crippen LogP contribution in [0.5, 0.6) is 11.5 Å². The third kappa shape index (κ3) is 5.06. The van der Waals surface area contributed by atoms with Gasteiger partial charge in [-0.1, -0.05) is 6.07 Å². The van der Waals surface area contributed by atoms with E-state index in [-0.39, 0.29) is 5.75 Å². The van der Waals surface area contributed by atoms with Gasteiger partial charge >= 0.3 is 0 Å². The highest BCUT2D eigenvalue weighted by Gasteiger charge is 2.02. The molecule has 96 valence electrons. The predicted molar refractivity (Wildman–Crippen MR) is 67.5 cm³/mol. The Hall–Kier alpha value is -1.26. The molecule has 0 bridgehead atoms. The van der Waals surface area contributed by atoms with Crippen molar-refractivity contribution in [1.82, 2.24) is 5.32 Å². The van der Waals surface area contributed by atoms with Crippen molar-refractivity contribution < 1.29 is 14.6 Å². The Bertz CT molecular complexity index is 328. The van der Waals surface area contributed by atoms with Crippen LogP contribution in [-0.4, -0.2) is 32.5 Å². The van der Waals surface area contributed by atoms with Crippen LogP contribution < -0.4 is 10.1 Å². The largest absolute Gasteiger partial charge is 0.507 e. The van der Waals surface area contributed by atoms with E-state index in [0.29, 0.717) is 12.3 Å². The number of aromatic hydroxyl groups is 1. The molecule has 1 aromatic rings. The van der Waals surface area contributed by atoms with Gasteiger partial charge in [-0.25, -0.2) is 0 Å². The van der Waals surface area contributed by atoms with Crippen LogP contribution in [-0.2, 0) is 11.3 Å². The summed E-state index contributed by atoms with van der Waals surface area (Å²) in [5.41, 5.74) is 0.887. The van der Waals surface area contributed by atoms with Crippen molar-refractivity contribution in [3.05, 3.63) is 23.8 Å². The van der Waals surface area contributed by atoms with Gasteiger partial charge in [0.25, 0.3) is 0 Å². The van der Waals surface area contributed by atoms with Gasteiger partial charge in [0.05, 0.1) is 7.11 Å². The smallest absolute Gasteiger partial charge is 0.123 e. The minimum atomic E-state index is 0.272. The molecule has 0 aromatic heterocycles. The molecule has 0 radical (unpaired) electrons. The quantitative estimate of drug-likeness (QED) is 0.680. The highest BCUT2D eigenvalue weighted by Crippen LogP contribution is 2.22. The zero-order chi connectivity index (χ0) is 12.5. The topological polar surface area (TPSA) is 50.7 Å². The van der Waals surface area contributed by atoms with Crippen LogP contribution in [0.1, 0.15) is 18.4 Å². The fraction of sp³-hybridized carbons (Fsp3) is 0.538. The van der Waals surface area contributed by atoms with Crippen LogP contribution in [0.4, 0.5) is 0 Å². The molecule has 4 nitrogen and oxygen atoms in total. The Balaban J connectivity index is 2.27. The highest BCUT2D eigenvalue weighted by molar-refractivity contribution is 5.39. The van der Waals surface area contributed by atoms with E-state index in [1.54, 1.807) is 20.3 Å². The minimum absolute atomic E-state index is 0.272. The van der Waals surface area contributed by atoms with Crippen molar-refractivity contribution in [2.45, 2.75) is 19.4 Å². The highest BCUT2D eigenvalue weighted by atomic mass is 16.5. The molecule has 17 heavy (non-hydrogen) atoms. The Morgan fingerprint density at radius 1 is 1.24 bits per heavy atom. The monoisotopic (exact) mass is 239 g/mol. The van der Waals surface area contributed by atoms with Crippen molar-refractivity contribution >= 4 is 0 Å². The third-order valence-electron chi connectivity index (χ3n) is 2.56. The van der Waals surface area contributed by atoms with E-state index < -0.39 is 0 Å². The molecule has 0 amide bonds. The summed E-state index contributed by atoms with van der Waals surface area (Å²) in [4.78, 5) is 0. The molecule has 4 heteroatoms. The molecule has 0 fully saturated rings. The molecule has 0 aliphatic rings. The van der Waals surface area contributed by atoms with Crippen LogP contribution in [0, 0.1) is 0 Å². The number of hydrogen-bond acceptors (Lipinski definition) is 4. The van der Waals surface area contributed by atoms with Gasteiger partial charge in [0, 0.05) is 31.9 Å². The molecule has 0 aliphatic carbocycles. The number of nitrogens with one attached hydrogen (secondary N) is 1. The summed E-state index contributed by atoms with van der Waals surface area (Å²) < 4.78 is 10.00. The Morgan fingerprint density at radius 3 is 2.71 bits per heavy atom. The molecule has 0 saturated carbocycles. The number of unbranched alkanes of at least 4 members (excludes halogenated alkanes) is 1. The molecule has 0 aliphatic heterocycles. The second-order valence-corrected chi connectivity index (χ2v) is 3.87. The van der Waals surface area contributed by atoms with Crippen molar-refractivity contribution in [3.8, 4) is 11.5 Å². The molecule has 0 atom stereocenters. The van der Waals surface area contributed by atoms with Gasteiger partial charge in [-0.3, -0.25) is 0 Å². The van der Waals surface area contributed by atoms with E-state index in [2.05, 4.69) is 5.32 Å². The van der Waals surface area contributed by atoms with E-state index in [1.807, 2.05) is 12.1 Å². The maximum Gasteiger partial charge on any atom is 0.123 e. The number of ether oxygens (including phenoxy) is 2. The fourth-order valence-electron chi connectivity index (χ4n) is 1.54. The van der Waals surface area contributed by atoms with Gasteiger partial charge < -0.3 is 19.9 Å². The lowest BCUT2D eigenvalue weighted by Crippen LogP contribution is -2.15. The molecule has 0 saturated heterocycles. The van der Waals surface area contributed by atoms with E-state index in [9.17, 15) is 5.11 Å². The Kier molecular flexibility index (Phi) is 6.43. The molecular weight excluding hydrogens is 218 g/mol. The number of rotatable bonds is 8. The first kappa shape index (κ1) is 13.8. The second-order valence-electron chi connectivity index (χ2n) is 3.87. The average Bonchev–Trinajstić information content (AvgIpc) is 2.35. The van der Waals surface area contributed by atoms with Gasteiger partial charge in [-0.2, -0.15) is 0 Å². The van der Waals surface area contributed by atoms with Gasteiger partial charge in [0.15, 0.2) is 0 Å². The summed E-state index contributed by atoms with van der Waals surface area (Å²) in [6.45, 7) is 2.40. The number of benzene rings is 1.